The minimum atomic E-state index is -0.0453. The first-order valence-electron chi connectivity index (χ1n) is 7.11. The number of rotatable bonds is 3. The third-order valence-corrected chi connectivity index (χ3v) is 3.88. The van der Waals surface area contributed by atoms with Crippen LogP contribution < -0.4 is 0 Å². The molecule has 7 nitrogen and oxygen atoms in total. The molecule has 2 aromatic rings. The first kappa shape index (κ1) is 13.8. The van der Waals surface area contributed by atoms with Crippen LogP contribution in [0.3, 0.4) is 0 Å². The number of carbonyl (C=O) groups excluding carboxylic acids is 1. The molecule has 1 aliphatic heterocycles. The van der Waals surface area contributed by atoms with Gasteiger partial charge in [0, 0.05) is 32.3 Å². The average molecular weight is 289 g/mol. The summed E-state index contributed by atoms with van der Waals surface area (Å²) in [5, 5.41) is 20.3. The highest BCUT2D eigenvalue weighted by molar-refractivity contribution is 5.92. The number of piperidine rings is 1. The van der Waals surface area contributed by atoms with Crippen molar-refractivity contribution in [2.45, 2.75) is 25.4 Å². The molecule has 2 N–H and O–H groups in total. The van der Waals surface area contributed by atoms with Crippen molar-refractivity contribution in [2.24, 2.45) is 7.05 Å². The Morgan fingerprint density at radius 2 is 2.43 bits per heavy atom. The minimum absolute atomic E-state index is 0.0294. The third kappa shape index (κ3) is 2.82. The summed E-state index contributed by atoms with van der Waals surface area (Å²) in [6, 6.07) is 3.61. The van der Waals surface area contributed by atoms with Gasteiger partial charge >= 0.3 is 0 Å². The second-order valence-corrected chi connectivity index (χ2v) is 5.44. The molecule has 0 saturated carbocycles. The quantitative estimate of drug-likeness (QED) is 0.869. The van der Waals surface area contributed by atoms with Crippen LogP contribution in [0.25, 0.3) is 0 Å². The molecule has 0 aliphatic carbocycles. The van der Waals surface area contributed by atoms with Crippen LogP contribution in [0.2, 0.25) is 0 Å². The molecule has 2 aromatic heterocycles. The molecule has 3 heterocycles. The van der Waals surface area contributed by atoms with Gasteiger partial charge in [0.2, 0.25) is 0 Å². The lowest BCUT2D eigenvalue weighted by Gasteiger charge is -2.31. The van der Waals surface area contributed by atoms with Crippen LogP contribution in [0, 0.1) is 0 Å². The van der Waals surface area contributed by atoms with Crippen molar-refractivity contribution in [3.8, 4) is 0 Å². The van der Waals surface area contributed by atoms with Crippen LogP contribution in [-0.2, 0) is 13.7 Å². The van der Waals surface area contributed by atoms with Crippen molar-refractivity contribution in [3.05, 3.63) is 35.4 Å². The van der Waals surface area contributed by atoms with Crippen molar-refractivity contribution in [2.75, 3.05) is 13.1 Å². The zero-order valence-corrected chi connectivity index (χ0v) is 12.0. The number of aliphatic hydroxyl groups excluding tert-OH is 1. The maximum absolute atomic E-state index is 12.4. The van der Waals surface area contributed by atoms with Gasteiger partial charge in [-0.05, 0) is 25.0 Å². The van der Waals surface area contributed by atoms with E-state index in [1.807, 2.05) is 11.0 Å². The molecule has 1 fully saturated rings. The molecular weight excluding hydrogens is 270 g/mol. The smallest absolute Gasteiger partial charge is 0.274 e. The summed E-state index contributed by atoms with van der Waals surface area (Å²) >= 11 is 0. The number of nitrogens with zero attached hydrogens (tertiary/aromatic N) is 4. The predicted octanol–water partition coefficient (Wildman–Crippen LogP) is 0.655. The summed E-state index contributed by atoms with van der Waals surface area (Å²) in [4.78, 5) is 14.3. The Bertz CT molecular complexity index is 633. The second kappa shape index (κ2) is 5.69. The van der Waals surface area contributed by atoms with Crippen molar-refractivity contribution >= 4 is 5.91 Å². The largest absolute Gasteiger partial charge is 0.390 e. The summed E-state index contributed by atoms with van der Waals surface area (Å²) in [5.74, 6) is 0.182. The van der Waals surface area contributed by atoms with Gasteiger partial charge in [-0.3, -0.25) is 14.6 Å². The number of aryl methyl sites for hydroxylation is 1. The minimum Gasteiger partial charge on any atom is -0.390 e. The van der Waals surface area contributed by atoms with Gasteiger partial charge in [0.25, 0.3) is 5.91 Å². The third-order valence-electron chi connectivity index (χ3n) is 3.88. The van der Waals surface area contributed by atoms with Gasteiger partial charge in [0.05, 0.1) is 18.0 Å². The fourth-order valence-corrected chi connectivity index (χ4v) is 2.76. The fourth-order valence-electron chi connectivity index (χ4n) is 2.76. The van der Waals surface area contributed by atoms with Gasteiger partial charge in [-0.2, -0.15) is 10.2 Å². The number of carbonyl (C=O) groups is 1. The molecule has 3 rings (SSSR count). The van der Waals surface area contributed by atoms with Crippen molar-refractivity contribution in [1.82, 2.24) is 24.9 Å². The van der Waals surface area contributed by atoms with Gasteiger partial charge in [-0.1, -0.05) is 0 Å². The topological polar surface area (TPSA) is 87.0 Å². The van der Waals surface area contributed by atoms with E-state index in [9.17, 15) is 4.79 Å². The molecule has 21 heavy (non-hydrogen) atoms. The van der Waals surface area contributed by atoms with Crippen molar-refractivity contribution in [3.63, 3.8) is 0 Å². The van der Waals surface area contributed by atoms with E-state index in [4.69, 9.17) is 5.11 Å². The van der Waals surface area contributed by atoms with E-state index in [2.05, 4.69) is 15.3 Å². The van der Waals surface area contributed by atoms with Gasteiger partial charge in [-0.25, -0.2) is 0 Å². The zero-order valence-electron chi connectivity index (χ0n) is 12.0. The summed E-state index contributed by atoms with van der Waals surface area (Å²) in [6.45, 7) is 1.35. The predicted molar refractivity (Wildman–Crippen MR) is 75.6 cm³/mol. The lowest BCUT2D eigenvalue weighted by Crippen LogP contribution is -2.39. The van der Waals surface area contributed by atoms with Crippen LogP contribution in [0.5, 0.6) is 0 Å². The second-order valence-electron chi connectivity index (χ2n) is 5.44. The molecule has 1 unspecified atom stereocenters. The van der Waals surface area contributed by atoms with Gasteiger partial charge in [0.15, 0.2) is 0 Å². The Morgan fingerprint density at radius 3 is 3.10 bits per heavy atom. The molecule has 0 bridgehead atoms. The highest BCUT2D eigenvalue weighted by Crippen LogP contribution is 2.26. The zero-order chi connectivity index (χ0) is 14.8. The number of hydrogen-bond donors (Lipinski definition) is 2. The summed E-state index contributed by atoms with van der Waals surface area (Å²) in [7, 11) is 1.80. The highest BCUT2D eigenvalue weighted by Gasteiger charge is 2.27. The van der Waals surface area contributed by atoms with E-state index in [1.54, 1.807) is 24.0 Å². The first-order valence-corrected chi connectivity index (χ1v) is 7.11. The molecule has 0 radical (unpaired) electrons. The SMILES string of the molecule is Cn1ccc(C(=O)N2CCCC(c3cc(CO)[nH]n3)C2)n1. The summed E-state index contributed by atoms with van der Waals surface area (Å²) in [5.41, 5.74) is 2.10. The summed E-state index contributed by atoms with van der Waals surface area (Å²) < 4.78 is 1.63. The van der Waals surface area contributed by atoms with Crippen LogP contribution in [0.1, 0.15) is 40.6 Å². The van der Waals surface area contributed by atoms with E-state index >= 15 is 0 Å². The standard InChI is InChI=1S/C14H19N5O2/c1-18-6-4-12(17-18)14(21)19-5-2-3-10(8-19)13-7-11(9-20)15-16-13/h4,6-7,10,20H,2-3,5,8-9H2,1H3,(H,15,16). The number of H-pyrrole nitrogens is 1. The van der Waals surface area contributed by atoms with E-state index in [-0.39, 0.29) is 18.4 Å². The Kier molecular flexibility index (Phi) is 3.74. The molecule has 1 amide bonds. The van der Waals surface area contributed by atoms with Gasteiger partial charge < -0.3 is 10.0 Å². The van der Waals surface area contributed by atoms with Gasteiger partial charge in [0.1, 0.15) is 5.69 Å². The number of aromatic amines is 1. The van der Waals surface area contributed by atoms with Crippen LogP contribution in [0.15, 0.2) is 18.3 Å². The Hall–Kier alpha value is -2.15. The lowest BCUT2D eigenvalue weighted by atomic mass is 9.94. The maximum Gasteiger partial charge on any atom is 0.274 e. The number of hydrogen-bond acceptors (Lipinski definition) is 4. The van der Waals surface area contributed by atoms with Gasteiger partial charge in [-0.15, -0.1) is 0 Å². The van der Waals surface area contributed by atoms with Crippen molar-refractivity contribution < 1.29 is 9.90 Å². The Balaban J connectivity index is 1.72. The van der Waals surface area contributed by atoms with Crippen LogP contribution in [-0.4, -0.2) is 49.0 Å². The molecular formula is C14H19N5O2. The van der Waals surface area contributed by atoms with E-state index in [0.717, 1.165) is 25.1 Å². The summed E-state index contributed by atoms with van der Waals surface area (Å²) in [6.07, 6.45) is 3.72. The fraction of sp³-hybridized carbons (Fsp3) is 0.500. The van der Waals surface area contributed by atoms with E-state index < -0.39 is 0 Å². The normalized spacial score (nSPS) is 19.0. The molecule has 1 aliphatic rings. The van der Waals surface area contributed by atoms with Crippen LogP contribution in [0.4, 0.5) is 0 Å². The Morgan fingerprint density at radius 1 is 1.57 bits per heavy atom. The molecule has 7 heteroatoms. The monoisotopic (exact) mass is 289 g/mol. The van der Waals surface area contributed by atoms with Crippen molar-refractivity contribution in [1.29, 1.82) is 0 Å². The molecule has 0 aromatic carbocycles. The highest BCUT2D eigenvalue weighted by atomic mass is 16.3. The molecule has 1 saturated heterocycles. The van der Waals surface area contributed by atoms with E-state index in [1.165, 1.54) is 0 Å². The molecule has 112 valence electrons. The number of aliphatic hydroxyl groups is 1. The average Bonchev–Trinajstić information content (AvgIpc) is 3.15. The van der Waals surface area contributed by atoms with Crippen LogP contribution >= 0.6 is 0 Å². The number of aromatic nitrogens is 4. The maximum atomic E-state index is 12.4. The molecule has 0 spiro atoms. The number of likely N-dealkylation sites (tertiary alicyclic amines) is 1. The molecule has 1 atom stereocenters. The number of nitrogens with one attached hydrogen (secondary N) is 1. The lowest BCUT2D eigenvalue weighted by molar-refractivity contribution is 0.0699. The first-order chi connectivity index (χ1) is 10.2. The number of amides is 1. The van der Waals surface area contributed by atoms with E-state index in [0.29, 0.717) is 17.9 Å². The Labute approximate surface area is 122 Å².